The summed E-state index contributed by atoms with van der Waals surface area (Å²) in [6.07, 6.45) is 3.41. The lowest BCUT2D eigenvalue weighted by Gasteiger charge is -2.16. The smallest absolute Gasteiger partial charge is 0.237 e. The molecule has 168 valence electrons. The number of nitrogens with one attached hydrogen (secondary N) is 1. The van der Waals surface area contributed by atoms with Gasteiger partial charge in [-0.15, -0.1) is 10.2 Å². The van der Waals surface area contributed by atoms with Crippen molar-refractivity contribution in [3.63, 3.8) is 0 Å². The number of aromatic nitrogens is 4. The number of amides is 1. The molecule has 2 heterocycles. The van der Waals surface area contributed by atoms with Gasteiger partial charge in [-0.25, -0.2) is 0 Å². The fourth-order valence-corrected chi connectivity index (χ4v) is 4.49. The number of carbonyl (C=O) groups is 1. The molecular weight excluding hydrogens is 477 g/mol. The Balaban J connectivity index is 1.68. The van der Waals surface area contributed by atoms with Crippen LogP contribution in [0.5, 0.6) is 0 Å². The van der Waals surface area contributed by atoms with E-state index in [2.05, 4.69) is 20.5 Å². The average molecular weight is 498 g/mol. The molecule has 0 fully saturated rings. The SMILES string of the molecule is Cc1cccc(C)c1NC(=O)C(C)Sc1nnc(-c2cccnc2)n1-c1ccc(Cl)c(Cl)c1. The number of anilines is 1. The Labute approximate surface area is 206 Å². The summed E-state index contributed by atoms with van der Waals surface area (Å²) < 4.78 is 1.85. The van der Waals surface area contributed by atoms with Crippen molar-refractivity contribution in [2.45, 2.75) is 31.2 Å². The fraction of sp³-hybridized carbons (Fsp3) is 0.167. The van der Waals surface area contributed by atoms with Gasteiger partial charge in [-0.05, 0) is 62.2 Å². The van der Waals surface area contributed by atoms with E-state index in [9.17, 15) is 4.79 Å². The Morgan fingerprint density at radius 1 is 1.03 bits per heavy atom. The first-order chi connectivity index (χ1) is 15.8. The second kappa shape index (κ2) is 9.95. The molecule has 0 aliphatic rings. The lowest BCUT2D eigenvalue weighted by Crippen LogP contribution is -2.23. The van der Waals surface area contributed by atoms with Gasteiger partial charge in [-0.1, -0.05) is 53.2 Å². The van der Waals surface area contributed by atoms with Crippen LogP contribution in [0.15, 0.2) is 66.1 Å². The summed E-state index contributed by atoms with van der Waals surface area (Å²) >= 11 is 13.7. The third-order valence-electron chi connectivity index (χ3n) is 5.10. The lowest BCUT2D eigenvalue weighted by atomic mass is 10.1. The van der Waals surface area contributed by atoms with Gasteiger partial charge in [-0.2, -0.15) is 0 Å². The lowest BCUT2D eigenvalue weighted by molar-refractivity contribution is -0.115. The molecule has 0 radical (unpaired) electrons. The third kappa shape index (κ3) is 5.05. The maximum absolute atomic E-state index is 13.0. The van der Waals surface area contributed by atoms with Gasteiger partial charge in [0.2, 0.25) is 5.91 Å². The Kier molecular flexibility index (Phi) is 7.02. The van der Waals surface area contributed by atoms with E-state index in [0.717, 1.165) is 28.1 Å². The predicted molar refractivity (Wildman–Crippen MR) is 134 cm³/mol. The summed E-state index contributed by atoms with van der Waals surface area (Å²) in [6, 6.07) is 15.0. The highest BCUT2D eigenvalue weighted by Gasteiger charge is 2.23. The van der Waals surface area contributed by atoms with Crippen LogP contribution in [0.3, 0.4) is 0 Å². The quantitative estimate of drug-likeness (QED) is 0.313. The largest absolute Gasteiger partial charge is 0.325 e. The molecule has 6 nitrogen and oxygen atoms in total. The van der Waals surface area contributed by atoms with Crippen LogP contribution in [-0.2, 0) is 4.79 Å². The predicted octanol–water partition coefficient (Wildman–Crippen LogP) is 6.37. The minimum absolute atomic E-state index is 0.121. The molecule has 4 aromatic rings. The van der Waals surface area contributed by atoms with Gasteiger partial charge in [0, 0.05) is 23.6 Å². The van der Waals surface area contributed by atoms with Gasteiger partial charge in [0.25, 0.3) is 0 Å². The number of para-hydroxylation sites is 1. The van der Waals surface area contributed by atoms with Crippen molar-refractivity contribution < 1.29 is 4.79 Å². The monoisotopic (exact) mass is 497 g/mol. The number of benzene rings is 2. The Morgan fingerprint density at radius 2 is 1.79 bits per heavy atom. The zero-order chi connectivity index (χ0) is 23.5. The van der Waals surface area contributed by atoms with E-state index in [1.165, 1.54) is 11.8 Å². The Hall–Kier alpha value is -2.87. The molecule has 1 atom stereocenters. The zero-order valence-corrected chi connectivity index (χ0v) is 20.5. The number of halogens is 2. The summed E-state index contributed by atoms with van der Waals surface area (Å²) in [7, 11) is 0. The van der Waals surface area contributed by atoms with Gasteiger partial charge in [0.1, 0.15) is 0 Å². The maximum Gasteiger partial charge on any atom is 0.237 e. The van der Waals surface area contributed by atoms with E-state index in [1.807, 2.05) is 61.7 Å². The summed E-state index contributed by atoms with van der Waals surface area (Å²) in [5.41, 5.74) is 4.38. The van der Waals surface area contributed by atoms with Crippen molar-refractivity contribution >= 4 is 46.6 Å². The molecule has 33 heavy (non-hydrogen) atoms. The van der Waals surface area contributed by atoms with E-state index in [0.29, 0.717) is 21.0 Å². The summed E-state index contributed by atoms with van der Waals surface area (Å²) in [4.78, 5) is 17.2. The highest BCUT2D eigenvalue weighted by atomic mass is 35.5. The van der Waals surface area contributed by atoms with Crippen LogP contribution in [0.25, 0.3) is 17.1 Å². The molecule has 2 aromatic carbocycles. The number of nitrogens with zero attached hydrogens (tertiary/aromatic N) is 4. The second-order valence-electron chi connectivity index (χ2n) is 7.50. The Morgan fingerprint density at radius 3 is 2.45 bits per heavy atom. The van der Waals surface area contributed by atoms with Gasteiger partial charge < -0.3 is 5.32 Å². The van der Waals surface area contributed by atoms with Crippen LogP contribution >= 0.6 is 35.0 Å². The zero-order valence-electron chi connectivity index (χ0n) is 18.2. The fourth-order valence-electron chi connectivity index (χ4n) is 3.33. The number of carbonyl (C=O) groups excluding carboxylic acids is 1. The van der Waals surface area contributed by atoms with Crippen molar-refractivity contribution in [2.24, 2.45) is 0 Å². The van der Waals surface area contributed by atoms with E-state index < -0.39 is 5.25 Å². The molecule has 4 rings (SSSR count). The standard InChI is InChI=1S/C24H21Cl2N5OS/c1-14-6-4-7-15(2)21(14)28-23(32)16(3)33-24-30-29-22(17-8-5-11-27-13-17)31(24)18-9-10-19(25)20(26)12-18/h4-13,16H,1-3H3,(H,28,32). The molecule has 1 unspecified atom stereocenters. The highest BCUT2D eigenvalue weighted by molar-refractivity contribution is 8.00. The van der Waals surface area contributed by atoms with Gasteiger partial charge in [-0.3, -0.25) is 14.3 Å². The Bertz CT molecular complexity index is 1290. The van der Waals surface area contributed by atoms with Gasteiger partial charge in [0.15, 0.2) is 11.0 Å². The van der Waals surface area contributed by atoms with Crippen LogP contribution in [0.4, 0.5) is 5.69 Å². The third-order valence-corrected chi connectivity index (χ3v) is 6.88. The minimum atomic E-state index is -0.434. The second-order valence-corrected chi connectivity index (χ2v) is 9.62. The number of rotatable bonds is 6. The van der Waals surface area contributed by atoms with Gasteiger partial charge >= 0.3 is 0 Å². The topological polar surface area (TPSA) is 72.7 Å². The summed E-state index contributed by atoms with van der Waals surface area (Å²) in [5, 5.41) is 12.8. The normalized spacial score (nSPS) is 11.9. The maximum atomic E-state index is 13.0. The first-order valence-electron chi connectivity index (χ1n) is 10.2. The number of aryl methyl sites for hydroxylation is 2. The molecular formula is C24H21Cl2N5OS. The molecule has 1 amide bonds. The number of thioether (sulfide) groups is 1. The molecule has 0 spiro atoms. The first kappa shape index (κ1) is 23.3. The van der Waals surface area contributed by atoms with E-state index in [4.69, 9.17) is 23.2 Å². The number of hydrogen-bond donors (Lipinski definition) is 1. The summed E-state index contributed by atoms with van der Waals surface area (Å²) in [5.74, 6) is 0.468. The van der Waals surface area contributed by atoms with E-state index >= 15 is 0 Å². The van der Waals surface area contributed by atoms with E-state index in [-0.39, 0.29) is 5.91 Å². The highest BCUT2D eigenvalue weighted by Crippen LogP contribution is 2.33. The molecule has 2 aromatic heterocycles. The molecule has 9 heteroatoms. The average Bonchev–Trinajstić information content (AvgIpc) is 3.22. The number of pyridine rings is 1. The van der Waals surface area contributed by atoms with Gasteiger partial charge in [0.05, 0.1) is 21.0 Å². The van der Waals surface area contributed by atoms with Crippen LogP contribution in [0.1, 0.15) is 18.1 Å². The molecule has 0 saturated heterocycles. The summed E-state index contributed by atoms with van der Waals surface area (Å²) in [6.45, 7) is 5.79. The van der Waals surface area contributed by atoms with Crippen molar-refractivity contribution in [1.82, 2.24) is 19.7 Å². The number of hydrogen-bond acceptors (Lipinski definition) is 5. The van der Waals surface area contributed by atoms with Crippen LogP contribution < -0.4 is 5.32 Å². The van der Waals surface area contributed by atoms with Crippen molar-refractivity contribution in [3.8, 4) is 17.1 Å². The van der Waals surface area contributed by atoms with Crippen molar-refractivity contribution in [1.29, 1.82) is 0 Å². The van der Waals surface area contributed by atoms with Crippen LogP contribution in [0, 0.1) is 13.8 Å². The molecule has 1 N–H and O–H groups in total. The van der Waals surface area contributed by atoms with Crippen molar-refractivity contribution in [3.05, 3.63) is 82.1 Å². The van der Waals surface area contributed by atoms with E-state index in [1.54, 1.807) is 24.5 Å². The van der Waals surface area contributed by atoms with Crippen molar-refractivity contribution in [2.75, 3.05) is 5.32 Å². The molecule has 0 aliphatic heterocycles. The molecule has 0 bridgehead atoms. The minimum Gasteiger partial charge on any atom is -0.325 e. The molecule has 0 aliphatic carbocycles. The molecule has 0 saturated carbocycles. The first-order valence-corrected chi connectivity index (χ1v) is 11.8. The van der Waals surface area contributed by atoms with Crippen LogP contribution in [0.2, 0.25) is 10.0 Å². The van der Waals surface area contributed by atoms with Crippen LogP contribution in [-0.4, -0.2) is 30.9 Å².